The van der Waals surface area contributed by atoms with Gasteiger partial charge in [-0.3, -0.25) is 4.79 Å². The second-order valence-electron chi connectivity index (χ2n) is 6.48. The maximum Gasteiger partial charge on any atom is 0.259 e. The first-order chi connectivity index (χ1) is 12.8. The largest absolute Gasteiger partial charge is 0.338 e. The molecule has 0 unspecified atom stereocenters. The minimum Gasteiger partial charge on any atom is -0.338 e. The molecule has 4 aromatic rings. The zero-order valence-electron chi connectivity index (χ0n) is 14.1. The molecule has 0 bridgehead atoms. The summed E-state index contributed by atoms with van der Waals surface area (Å²) in [5.74, 6) is 0.364. The number of carbonyl (C=O) groups excluding carboxylic acids is 1. The molecule has 1 fully saturated rings. The summed E-state index contributed by atoms with van der Waals surface area (Å²) in [5, 5.41) is 8.59. The molecule has 1 amide bonds. The Morgan fingerprint density at radius 2 is 1.92 bits per heavy atom. The van der Waals surface area contributed by atoms with Gasteiger partial charge in [0.15, 0.2) is 11.3 Å². The van der Waals surface area contributed by atoms with Crippen LogP contribution in [0.25, 0.3) is 11.3 Å². The molecule has 26 heavy (non-hydrogen) atoms. The van der Waals surface area contributed by atoms with Crippen LogP contribution in [0, 0.1) is 0 Å². The minimum atomic E-state index is -0.00360. The first-order valence-electron chi connectivity index (χ1n) is 8.67. The summed E-state index contributed by atoms with van der Waals surface area (Å²) in [6.07, 6.45) is 10.5. The Morgan fingerprint density at radius 3 is 2.81 bits per heavy atom. The van der Waals surface area contributed by atoms with Crippen LogP contribution in [0.15, 0.2) is 49.2 Å². The maximum absolute atomic E-state index is 12.9. The summed E-state index contributed by atoms with van der Waals surface area (Å²) in [4.78, 5) is 23.4. The normalized spacial score (nSPS) is 15.8. The van der Waals surface area contributed by atoms with Gasteiger partial charge in [0.05, 0.1) is 12.4 Å². The van der Waals surface area contributed by atoms with E-state index in [1.54, 1.807) is 35.4 Å². The second-order valence-corrected chi connectivity index (χ2v) is 6.48. The maximum atomic E-state index is 12.9. The average molecular weight is 347 g/mol. The molecule has 0 aromatic carbocycles. The number of rotatable bonds is 2. The molecule has 5 rings (SSSR count). The van der Waals surface area contributed by atoms with Gasteiger partial charge in [0, 0.05) is 49.4 Å². The Kier molecular flexibility index (Phi) is 3.41. The summed E-state index contributed by atoms with van der Waals surface area (Å²) in [5.41, 5.74) is 3.18. The number of amides is 1. The summed E-state index contributed by atoms with van der Waals surface area (Å²) < 4.78 is 3.53. The predicted octanol–water partition coefficient (Wildman–Crippen LogP) is 1.79. The predicted molar refractivity (Wildman–Crippen MR) is 93.9 cm³/mol. The van der Waals surface area contributed by atoms with Crippen LogP contribution in [0.2, 0.25) is 0 Å². The van der Waals surface area contributed by atoms with E-state index in [0.717, 1.165) is 24.2 Å². The fraction of sp³-hybridized carbons (Fsp3) is 0.278. The molecule has 0 radical (unpaired) electrons. The van der Waals surface area contributed by atoms with Crippen LogP contribution in [-0.2, 0) is 0 Å². The standard InChI is InChI=1S/C18H17N7O/c26-18(14-12-22-24-9-1-6-20-17(14)24)23-10-4-13(5-11-23)15-2-7-19-16-3-8-21-25(15)16/h1-3,6-9,12-13H,4-5,10-11H2. The molecule has 130 valence electrons. The molecule has 1 aliphatic rings. The molecule has 0 N–H and O–H groups in total. The molecule has 0 aliphatic carbocycles. The third kappa shape index (κ3) is 2.33. The van der Waals surface area contributed by atoms with Crippen molar-refractivity contribution in [3.63, 3.8) is 0 Å². The molecule has 8 nitrogen and oxygen atoms in total. The van der Waals surface area contributed by atoms with Crippen molar-refractivity contribution in [2.24, 2.45) is 0 Å². The minimum absolute atomic E-state index is 0.00360. The molecule has 4 aromatic heterocycles. The number of nitrogens with zero attached hydrogens (tertiary/aromatic N) is 7. The van der Waals surface area contributed by atoms with Crippen LogP contribution in [0.5, 0.6) is 0 Å². The van der Waals surface area contributed by atoms with E-state index in [9.17, 15) is 4.79 Å². The van der Waals surface area contributed by atoms with E-state index in [0.29, 0.717) is 30.2 Å². The third-order valence-electron chi connectivity index (χ3n) is 5.03. The van der Waals surface area contributed by atoms with Crippen molar-refractivity contribution < 1.29 is 4.79 Å². The van der Waals surface area contributed by atoms with Gasteiger partial charge in [0.1, 0.15) is 5.56 Å². The van der Waals surface area contributed by atoms with E-state index in [4.69, 9.17) is 0 Å². The van der Waals surface area contributed by atoms with Gasteiger partial charge < -0.3 is 4.90 Å². The third-order valence-corrected chi connectivity index (χ3v) is 5.03. The molecule has 1 saturated heterocycles. The van der Waals surface area contributed by atoms with E-state index in [1.807, 2.05) is 27.7 Å². The fourth-order valence-electron chi connectivity index (χ4n) is 3.69. The smallest absolute Gasteiger partial charge is 0.259 e. The highest BCUT2D eigenvalue weighted by molar-refractivity contribution is 5.99. The van der Waals surface area contributed by atoms with Crippen molar-refractivity contribution >= 4 is 17.2 Å². The van der Waals surface area contributed by atoms with E-state index < -0.39 is 0 Å². The van der Waals surface area contributed by atoms with E-state index in [1.165, 1.54) is 0 Å². The number of likely N-dealkylation sites (tertiary alicyclic amines) is 1. The van der Waals surface area contributed by atoms with Crippen molar-refractivity contribution in [3.8, 4) is 0 Å². The lowest BCUT2D eigenvalue weighted by atomic mass is 9.93. The van der Waals surface area contributed by atoms with Crippen molar-refractivity contribution in [2.45, 2.75) is 18.8 Å². The fourth-order valence-corrected chi connectivity index (χ4v) is 3.69. The van der Waals surface area contributed by atoms with Crippen LogP contribution >= 0.6 is 0 Å². The number of hydrogen-bond acceptors (Lipinski definition) is 5. The second kappa shape index (κ2) is 5.91. The number of piperidine rings is 1. The molecule has 5 heterocycles. The lowest BCUT2D eigenvalue weighted by Crippen LogP contribution is -2.38. The Bertz CT molecular complexity index is 1090. The number of hydrogen-bond donors (Lipinski definition) is 0. The lowest BCUT2D eigenvalue weighted by Gasteiger charge is -2.32. The van der Waals surface area contributed by atoms with Gasteiger partial charge in [-0.25, -0.2) is 19.0 Å². The van der Waals surface area contributed by atoms with Crippen LogP contribution < -0.4 is 0 Å². The molecular formula is C18H17N7O. The van der Waals surface area contributed by atoms with Crippen molar-refractivity contribution in [3.05, 3.63) is 60.4 Å². The van der Waals surface area contributed by atoms with Crippen LogP contribution in [0.1, 0.15) is 34.8 Å². The molecule has 1 aliphatic heterocycles. The molecule has 8 heteroatoms. The van der Waals surface area contributed by atoms with Gasteiger partial charge in [-0.15, -0.1) is 0 Å². The first kappa shape index (κ1) is 15.0. The topological polar surface area (TPSA) is 80.7 Å². The number of aromatic nitrogens is 6. The highest BCUT2D eigenvalue weighted by atomic mass is 16.2. The first-order valence-corrected chi connectivity index (χ1v) is 8.67. The van der Waals surface area contributed by atoms with Gasteiger partial charge in [0.2, 0.25) is 0 Å². The summed E-state index contributed by atoms with van der Waals surface area (Å²) >= 11 is 0. The quantitative estimate of drug-likeness (QED) is 0.552. The van der Waals surface area contributed by atoms with Crippen LogP contribution in [0.4, 0.5) is 0 Å². The summed E-state index contributed by atoms with van der Waals surface area (Å²) in [6, 6.07) is 5.72. The zero-order valence-corrected chi connectivity index (χ0v) is 14.1. The van der Waals surface area contributed by atoms with Gasteiger partial charge in [-0.2, -0.15) is 10.2 Å². The average Bonchev–Trinajstić information content (AvgIpc) is 3.34. The molecule has 0 spiro atoms. The van der Waals surface area contributed by atoms with Crippen molar-refractivity contribution in [2.75, 3.05) is 13.1 Å². The van der Waals surface area contributed by atoms with Gasteiger partial charge in [0.25, 0.3) is 5.91 Å². The van der Waals surface area contributed by atoms with Gasteiger partial charge in [-0.05, 0) is 25.0 Å². The highest BCUT2D eigenvalue weighted by Gasteiger charge is 2.27. The SMILES string of the molecule is O=C(c1cnn2cccnc12)N1CCC(c2ccnc3ccnn23)CC1. The van der Waals surface area contributed by atoms with Gasteiger partial charge in [-0.1, -0.05) is 0 Å². The number of carbonyl (C=O) groups is 1. The van der Waals surface area contributed by atoms with Gasteiger partial charge >= 0.3 is 0 Å². The lowest BCUT2D eigenvalue weighted by molar-refractivity contribution is 0.0713. The van der Waals surface area contributed by atoms with E-state index in [2.05, 4.69) is 20.2 Å². The Labute approximate surface area is 149 Å². The summed E-state index contributed by atoms with van der Waals surface area (Å²) in [6.45, 7) is 1.41. The van der Waals surface area contributed by atoms with E-state index in [-0.39, 0.29) is 5.91 Å². The zero-order chi connectivity index (χ0) is 17.5. The molecular weight excluding hydrogens is 330 g/mol. The summed E-state index contributed by atoms with van der Waals surface area (Å²) in [7, 11) is 0. The van der Waals surface area contributed by atoms with E-state index >= 15 is 0 Å². The van der Waals surface area contributed by atoms with Crippen LogP contribution in [0.3, 0.4) is 0 Å². The Balaban J connectivity index is 1.35. The van der Waals surface area contributed by atoms with Crippen LogP contribution in [-0.4, -0.2) is 53.1 Å². The number of fused-ring (bicyclic) bond motifs is 2. The monoisotopic (exact) mass is 347 g/mol. The van der Waals surface area contributed by atoms with Crippen molar-refractivity contribution in [1.82, 2.24) is 34.1 Å². The highest BCUT2D eigenvalue weighted by Crippen LogP contribution is 2.28. The Hall–Kier alpha value is -3.29. The van der Waals surface area contributed by atoms with Crippen molar-refractivity contribution in [1.29, 1.82) is 0 Å². The molecule has 0 saturated carbocycles. The Morgan fingerprint density at radius 1 is 1.04 bits per heavy atom. The molecule has 0 atom stereocenters.